The molecular formula is C15H12F3N5S2. The maximum Gasteiger partial charge on any atom is 0.416 e. The predicted octanol–water partition coefficient (Wildman–Crippen LogP) is 4.09. The summed E-state index contributed by atoms with van der Waals surface area (Å²) >= 11 is 2.65. The summed E-state index contributed by atoms with van der Waals surface area (Å²) in [5.41, 5.74) is -0.343. The van der Waals surface area contributed by atoms with E-state index in [1.54, 1.807) is 35.3 Å². The Morgan fingerprint density at radius 2 is 1.84 bits per heavy atom. The zero-order valence-corrected chi connectivity index (χ0v) is 14.6. The molecule has 0 aliphatic carbocycles. The number of nitrogens with zero attached hydrogens (tertiary/aromatic N) is 5. The van der Waals surface area contributed by atoms with E-state index in [0.717, 1.165) is 12.1 Å². The summed E-state index contributed by atoms with van der Waals surface area (Å²) < 4.78 is 40.6. The fourth-order valence-corrected chi connectivity index (χ4v) is 3.33. The van der Waals surface area contributed by atoms with Crippen molar-refractivity contribution in [3.8, 4) is 5.69 Å². The van der Waals surface area contributed by atoms with Gasteiger partial charge in [0.15, 0.2) is 10.3 Å². The number of hydrogen-bond acceptors (Lipinski definition) is 6. The molecule has 130 valence electrons. The first-order chi connectivity index (χ1) is 12.0. The maximum atomic E-state index is 13.0. The summed E-state index contributed by atoms with van der Waals surface area (Å²) in [5, 5.41) is 9.24. The number of halogens is 3. The van der Waals surface area contributed by atoms with E-state index in [-0.39, 0.29) is 0 Å². The van der Waals surface area contributed by atoms with Crippen molar-refractivity contribution >= 4 is 23.5 Å². The third kappa shape index (κ3) is 4.13. The number of benzene rings is 1. The van der Waals surface area contributed by atoms with Gasteiger partial charge in [0.05, 0.1) is 17.0 Å². The second-order valence-corrected chi connectivity index (χ2v) is 6.52. The Labute approximate surface area is 150 Å². The Kier molecular flexibility index (Phi) is 5.28. The molecule has 0 saturated carbocycles. The standard InChI is InChI=1S/C15H12F3N5S2/c1-24-14-22-21-12(9-25-13-19-6-3-7-20-13)23(14)11-5-2-4-10(8-11)15(16,17)18/h2-8H,9H2,1H3. The Balaban J connectivity index is 1.94. The van der Waals surface area contributed by atoms with Crippen LogP contribution in [0.2, 0.25) is 0 Å². The minimum atomic E-state index is -4.41. The number of alkyl halides is 3. The largest absolute Gasteiger partial charge is 0.416 e. The molecule has 0 aliphatic rings. The summed E-state index contributed by atoms with van der Waals surface area (Å²) in [4.78, 5) is 8.22. The van der Waals surface area contributed by atoms with Gasteiger partial charge < -0.3 is 0 Å². The summed E-state index contributed by atoms with van der Waals surface area (Å²) in [6, 6.07) is 6.82. The molecule has 0 unspecified atom stereocenters. The molecule has 10 heteroatoms. The lowest BCUT2D eigenvalue weighted by Crippen LogP contribution is -2.08. The molecule has 2 heterocycles. The molecule has 3 rings (SSSR count). The minimum absolute atomic E-state index is 0.369. The Bertz CT molecular complexity index is 852. The molecule has 2 aromatic heterocycles. The van der Waals surface area contributed by atoms with Crippen LogP contribution in [0, 0.1) is 0 Å². The average molecular weight is 383 g/mol. The van der Waals surface area contributed by atoms with Crippen LogP contribution in [-0.4, -0.2) is 31.0 Å². The van der Waals surface area contributed by atoms with Crippen molar-refractivity contribution < 1.29 is 13.2 Å². The molecule has 0 amide bonds. The van der Waals surface area contributed by atoms with Gasteiger partial charge in [0.1, 0.15) is 5.82 Å². The molecule has 0 saturated heterocycles. The monoisotopic (exact) mass is 383 g/mol. The van der Waals surface area contributed by atoms with Gasteiger partial charge in [-0.1, -0.05) is 29.6 Å². The molecule has 25 heavy (non-hydrogen) atoms. The zero-order valence-electron chi connectivity index (χ0n) is 12.9. The van der Waals surface area contributed by atoms with Gasteiger partial charge in [-0.2, -0.15) is 13.2 Å². The van der Waals surface area contributed by atoms with Crippen molar-refractivity contribution in [1.29, 1.82) is 0 Å². The van der Waals surface area contributed by atoms with Crippen LogP contribution in [0.4, 0.5) is 13.2 Å². The molecule has 0 radical (unpaired) electrons. The van der Waals surface area contributed by atoms with Gasteiger partial charge in [0.25, 0.3) is 0 Å². The highest BCUT2D eigenvalue weighted by Gasteiger charge is 2.31. The topological polar surface area (TPSA) is 56.5 Å². The quantitative estimate of drug-likeness (QED) is 0.489. The lowest BCUT2D eigenvalue weighted by molar-refractivity contribution is -0.137. The molecule has 1 aromatic carbocycles. The van der Waals surface area contributed by atoms with Crippen LogP contribution in [0.1, 0.15) is 11.4 Å². The van der Waals surface area contributed by atoms with E-state index >= 15 is 0 Å². The smallest absolute Gasteiger partial charge is 0.273 e. The van der Waals surface area contributed by atoms with Gasteiger partial charge in [-0.3, -0.25) is 4.57 Å². The Morgan fingerprint density at radius 1 is 1.08 bits per heavy atom. The van der Waals surface area contributed by atoms with Gasteiger partial charge in [-0.05, 0) is 30.5 Å². The molecular weight excluding hydrogens is 371 g/mol. The number of hydrogen-bond donors (Lipinski definition) is 0. The maximum absolute atomic E-state index is 13.0. The van der Waals surface area contributed by atoms with Crippen molar-refractivity contribution in [2.75, 3.05) is 6.26 Å². The molecule has 0 atom stereocenters. The highest BCUT2D eigenvalue weighted by Crippen LogP contribution is 2.32. The van der Waals surface area contributed by atoms with Gasteiger partial charge in [0.2, 0.25) is 0 Å². The molecule has 3 aromatic rings. The second kappa shape index (κ2) is 7.44. The van der Waals surface area contributed by atoms with Crippen LogP contribution in [0.25, 0.3) is 5.69 Å². The Hall–Kier alpha value is -2.07. The van der Waals surface area contributed by atoms with E-state index in [1.165, 1.54) is 29.6 Å². The molecule has 0 bridgehead atoms. The van der Waals surface area contributed by atoms with Crippen LogP contribution in [-0.2, 0) is 11.9 Å². The lowest BCUT2D eigenvalue weighted by Gasteiger charge is -2.12. The van der Waals surface area contributed by atoms with Crippen molar-refractivity contribution in [2.45, 2.75) is 22.2 Å². The fraction of sp³-hybridized carbons (Fsp3) is 0.200. The Morgan fingerprint density at radius 3 is 2.52 bits per heavy atom. The second-order valence-electron chi connectivity index (χ2n) is 4.81. The van der Waals surface area contributed by atoms with Gasteiger partial charge in [0, 0.05) is 12.4 Å². The third-order valence-electron chi connectivity index (χ3n) is 3.19. The fourth-order valence-electron chi connectivity index (χ4n) is 2.10. The number of rotatable bonds is 5. The van der Waals surface area contributed by atoms with Crippen LogP contribution >= 0.6 is 23.5 Å². The molecule has 5 nitrogen and oxygen atoms in total. The molecule has 0 N–H and O–H groups in total. The van der Waals surface area contributed by atoms with Crippen LogP contribution in [0.5, 0.6) is 0 Å². The lowest BCUT2D eigenvalue weighted by atomic mass is 10.2. The van der Waals surface area contributed by atoms with Crippen LogP contribution in [0.15, 0.2) is 53.0 Å². The predicted molar refractivity (Wildman–Crippen MR) is 89.7 cm³/mol. The van der Waals surface area contributed by atoms with E-state index in [2.05, 4.69) is 20.2 Å². The highest BCUT2D eigenvalue weighted by molar-refractivity contribution is 7.98. The summed E-state index contributed by atoms with van der Waals surface area (Å²) in [6.07, 6.45) is 0.641. The first-order valence-corrected chi connectivity index (χ1v) is 9.26. The van der Waals surface area contributed by atoms with Crippen molar-refractivity contribution in [1.82, 2.24) is 24.7 Å². The van der Waals surface area contributed by atoms with E-state index in [0.29, 0.717) is 27.6 Å². The van der Waals surface area contributed by atoms with Crippen molar-refractivity contribution in [3.63, 3.8) is 0 Å². The van der Waals surface area contributed by atoms with E-state index in [9.17, 15) is 13.2 Å². The minimum Gasteiger partial charge on any atom is -0.273 e. The summed E-state index contributed by atoms with van der Waals surface area (Å²) in [7, 11) is 0. The van der Waals surface area contributed by atoms with Gasteiger partial charge >= 0.3 is 6.18 Å². The first kappa shape index (κ1) is 17.7. The van der Waals surface area contributed by atoms with Gasteiger partial charge in [-0.25, -0.2) is 9.97 Å². The van der Waals surface area contributed by atoms with Gasteiger partial charge in [-0.15, -0.1) is 10.2 Å². The highest BCUT2D eigenvalue weighted by atomic mass is 32.2. The SMILES string of the molecule is CSc1nnc(CSc2ncccn2)n1-c1cccc(C(F)(F)F)c1. The zero-order chi connectivity index (χ0) is 17.9. The molecule has 0 spiro atoms. The molecule has 0 aliphatic heterocycles. The first-order valence-electron chi connectivity index (χ1n) is 7.05. The van der Waals surface area contributed by atoms with E-state index in [1.807, 2.05) is 0 Å². The van der Waals surface area contributed by atoms with E-state index < -0.39 is 11.7 Å². The number of aromatic nitrogens is 5. The summed E-state index contributed by atoms with van der Waals surface area (Å²) in [6.45, 7) is 0. The normalized spacial score (nSPS) is 11.7. The number of thioether (sulfide) groups is 2. The summed E-state index contributed by atoms with van der Waals surface area (Å²) in [5.74, 6) is 0.912. The van der Waals surface area contributed by atoms with E-state index in [4.69, 9.17) is 0 Å². The average Bonchev–Trinajstić information content (AvgIpc) is 3.03. The van der Waals surface area contributed by atoms with Crippen molar-refractivity contribution in [2.24, 2.45) is 0 Å². The molecule has 0 fully saturated rings. The van der Waals surface area contributed by atoms with Crippen LogP contribution in [0.3, 0.4) is 0 Å². The van der Waals surface area contributed by atoms with Crippen molar-refractivity contribution in [3.05, 3.63) is 54.1 Å². The van der Waals surface area contributed by atoms with Crippen LogP contribution < -0.4 is 0 Å². The third-order valence-corrected chi connectivity index (χ3v) is 4.69.